The number of hydrogen-bond donors (Lipinski definition) is 0. The monoisotopic (exact) mass is 198 g/mol. The summed E-state index contributed by atoms with van der Waals surface area (Å²) in [5.74, 6) is 0. The maximum Gasteiger partial charge on any atom is 0.0235 e. The highest BCUT2D eigenvalue weighted by Gasteiger charge is 2.27. The lowest BCUT2D eigenvalue weighted by Crippen LogP contribution is -2.39. The molecule has 84 valence electrons. The van der Waals surface area contributed by atoms with Crippen LogP contribution in [0.25, 0.3) is 0 Å². The van der Waals surface area contributed by atoms with Gasteiger partial charge in [0.15, 0.2) is 0 Å². The first-order chi connectivity index (χ1) is 6.69. The molecule has 1 aliphatic rings. The summed E-state index contributed by atoms with van der Waals surface area (Å²) in [5.41, 5.74) is 0. The molecule has 0 radical (unpaired) electrons. The zero-order chi connectivity index (χ0) is 10.6. The molecule has 1 fully saturated rings. The lowest BCUT2D eigenvalue weighted by molar-refractivity contribution is 0.190. The van der Waals surface area contributed by atoms with Crippen molar-refractivity contribution in [1.29, 1.82) is 0 Å². The van der Waals surface area contributed by atoms with Crippen molar-refractivity contribution >= 4 is 0 Å². The Balaban J connectivity index is 2.39. The van der Waals surface area contributed by atoms with E-state index in [4.69, 9.17) is 0 Å². The van der Waals surface area contributed by atoms with Gasteiger partial charge in [0.1, 0.15) is 0 Å². The second-order valence-corrected chi connectivity index (χ2v) is 4.66. The van der Waals surface area contributed by atoms with Gasteiger partial charge in [-0.3, -0.25) is 9.80 Å². The molecule has 0 amide bonds. The van der Waals surface area contributed by atoms with Gasteiger partial charge in [0, 0.05) is 25.2 Å². The van der Waals surface area contributed by atoms with Crippen molar-refractivity contribution in [2.75, 3.05) is 26.2 Å². The third-order valence-corrected chi connectivity index (χ3v) is 3.36. The Kier molecular flexibility index (Phi) is 4.90. The first-order valence-corrected chi connectivity index (χ1v) is 6.17. The van der Waals surface area contributed by atoms with Crippen molar-refractivity contribution in [3.63, 3.8) is 0 Å². The lowest BCUT2D eigenvalue weighted by atomic mass is 10.2. The molecule has 1 saturated heterocycles. The first kappa shape index (κ1) is 12.0. The number of likely N-dealkylation sites (tertiary alicyclic amines) is 1. The summed E-state index contributed by atoms with van der Waals surface area (Å²) >= 11 is 0. The van der Waals surface area contributed by atoms with Crippen LogP contribution in [0.2, 0.25) is 0 Å². The van der Waals surface area contributed by atoms with E-state index in [1.807, 2.05) is 0 Å². The molecule has 0 aromatic carbocycles. The van der Waals surface area contributed by atoms with Gasteiger partial charge in [0.05, 0.1) is 0 Å². The van der Waals surface area contributed by atoms with Crippen LogP contribution in [0.4, 0.5) is 0 Å². The Labute approximate surface area is 89.3 Å². The van der Waals surface area contributed by atoms with E-state index in [9.17, 15) is 0 Å². The molecule has 0 N–H and O–H groups in total. The minimum absolute atomic E-state index is 0.723. The second-order valence-electron chi connectivity index (χ2n) is 4.66. The molecule has 0 saturated carbocycles. The van der Waals surface area contributed by atoms with E-state index in [2.05, 4.69) is 37.5 Å². The molecule has 1 atom stereocenters. The zero-order valence-electron chi connectivity index (χ0n) is 10.3. The number of nitrogens with zero attached hydrogens (tertiary/aromatic N) is 2. The largest absolute Gasteiger partial charge is 0.299 e. The van der Waals surface area contributed by atoms with E-state index < -0.39 is 0 Å². The van der Waals surface area contributed by atoms with Gasteiger partial charge in [0.2, 0.25) is 0 Å². The Morgan fingerprint density at radius 1 is 1.36 bits per heavy atom. The van der Waals surface area contributed by atoms with E-state index in [0.717, 1.165) is 12.1 Å². The molecule has 1 rings (SSSR count). The molecule has 14 heavy (non-hydrogen) atoms. The Hall–Kier alpha value is -0.0800. The molecular formula is C12H26N2. The average Bonchev–Trinajstić information content (AvgIpc) is 2.63. The van der Waals surface area contributed by atoms with E-state index >= 15 is 0 Å². The van der Waals surface area contributed by atoms with Gasteiger partial charge in [-0.1, -0.05) is 13.8 Å². The van der Waals surface area contributed by atoms with Crippen molar-refractivity contribution in [2.24, 2.45) is 0 Å². The molecular weight excluding hydrogens is 172 g/mol. The molecule has 2 nitrogen and oxygen atoms in total. The minimum Gasteiger partial charge on any atom is -0.299 e. The van der Waals surface area contributed by atoms with E-state index in [1.165, 1.54) is 39.0 Å². The van der Waals surface area contributed by atoms with Crippen LogP contribution in [0, 0.1) is 0 Å². The topological polar surface area (TPSA) is 6.48 Å². The highest BCUT2D eigenvalue weighted by atomic mass is 15.3. The van der Waals surface area contributed by atoms with Gasteiger partial charge in [-0.25, -0.2) is 0 Å². The van der Waals surface area contributed by atoms with Crippen molar-refractivity contribution < 1.29 is 0 Å². The summed E-state index contributed by atoms with van der Waals surface area (Å²) in [6.07, 6.45) is 2.65. The fraction of sp³-hybridized carbons (Fsp3) is 1.00. The van der Waals surface area contributed by atoms with E-state index in [1.54, 1.807) is 0 Å². The lowest BCUT2D eigenvalue weighted by Gasteiger charge is -2.28. The predicted molar refractivity (Wildman–Crippen MR) is 62.7 cm³/mol. The molecule has 0 aliphatic carbocycles. The summed E-state index contributed by atoms with van der Waals surface area (Å²) in [6.45, 7) is 14.2. The second kappa shape index (κ2) is 5.72. The fourth-order valence-corrected chi connectivity index (χ4v) is 2.42. The van der Waals surface area contributed by atoms with Crippen molar-refractivity contribution in [2.45, 2.75) is 52.6 Å². The minimum atomic E-state index is 0.723. The molecule has 1 heterocycles. The van der Waals surface area contributed by atoms with Gasteiger partial charge in [-0.2, -0.15) is 0 Å². The Morgan fingerprint density at radius 3 is 2.50 bits per heavy atom. The zero-order valence-corrected chi connectivity index (χ0v) is 10.3. The van der Waals surface area contributed by atoms with Gasteiger partial charge >= 0.3 is 0 Å². The molecule has 0 aromatic rings. The van der Waals surface area contributed by atoms with Crippen molar-refractivity contribution in [3.05, 3.63) is 0 Å². The van der Waals surface area contributed by atoms with Crippen LogP contribution < -0.4 is 0 Å². The van der Waals surface area contributed by atoms with Gasteiger partial charge in [-0.15, -0.1) is 0 Å². The molecule has 0 spiro atoms. The standard InChI is InChI=1S/C12H26N2/c1-5-8-13(6-2)12-7-9-14(10-12)11(3)4/h11-12H,5-10H2,1-4H3. The smallest absolute Gasteiger partial charge is 0.0235 e. The number of likely N-dealkylation sites (N-methyl/N-ethyl adjacent to an activating group) is 1. The van der Waals surface area contributed by atoms with Crippen LogP contribution >= 0.6 is 0 Å². The van der Waals surface area contributed by atoms with Crippen LogP contribution in [0.15, 0.2) is 0 Å². The maximum atomic E-state index is 2.64. The molecule has 2 heteroatoms. The quantitative estimate of drug-likeness (QED) is 0.668. The third-order valence-electron chi connectivity index (χ3n) is 3.36. The fourth-order valence-electron chi connectivity index (χ4n) is 2.42. The van der Waals surface area contributed by atoms with Crippen LogP contribution in [-0.4, -0.2) is 48.1 Å². The maximum absolute atomic E-state index is 2.64. The van der Waals surface area contributed by atoms with Crippen molar-refractivity contribution in [1.82, 2.24) is 9.80 Å². The van der Waals surface area contributed by atoms with Gasteiger partial charge in [-0.05, 0) is 39.8 Å². The summed E-state index contributed by atoms with van der Waals surface area (Å²) in [6, 6.07) is 1.54. The molecule has 1 unspecified atom stereocenters. The van der Waals surface area contributed by atoms with Crippen LogP contribution in [0.1, 0.15) is 40.5 Å². The van der Waals surface area contributed by atoms with Crippen LogP contribution in [0.5, 0.6) is 0 Å². The van der Waals surface area contributed by atoms with Gasteiger partial charge in [0.25, 0.3) is 0 Å². The summed E-state index contributed by atoms with van der Waals surface area (Å²) in [4.78, 5) is 5.24. The molecule has 0 bridgehead atoms. The van der Waals surface area contributed by atoms with E-state index in [-0.39, 0.29) is 0 Å². The number of hydrogen-bond acceptors (Lipinski definition) is 2. The SMILES string of the molecule is CCCN(CC)C1CCN(C(C)C)C1. The van der Waals surface area contributed by atoms with Crippen molar-refractivity contribution in [3.8, 4) is 0 Å². The third kappa shape index (κ3) is 2.96. The molecule has 1 aliphatic heterocycles. The molecule has 0 aromatic heterocycles. The Bertz CT molecular complexity index is 156. The highest BCUT2D eigenvalue weighted by molar-refractivity contribution is 4.84. The summed E-state index contributed by atoms with van der Waals surface area (Å²) in [7, 11) is 0. The van der Waals surface area contributed by atoms with Crippen LogP contribution in [-0.2, 0) is 0 Å². The normalized spacial score (nSPS) is 24.0. The summed E-state index contributed by atoms with van der Waals surface area (Å²) < 4.78 is 0. The van der Waals surface area contributed by atoms with E-state index in [0.29, 0.717) is 0 Å². The Morgan fingerprint density at radius 2 is 2.07 bits per heavy atom. The predicted octanol–water partition coefficient (Wildman–Crippen LogP) is 2.20. The first-order valence-electron chi connectivity index (χ1n) is 6.17. The van der Waals surface area contributed by atoms with Gasteiger partial charge < -0.3 is 0 Å². The average molecular weight is 198 g/mol. The number of rotatable bonds is 5. The van der Waals surface area contributed by atoms with Crippen LogP contribution in [0.3, 0.4) is 0 Å². The summed E-state index contributed by atoms with van der Waals surface area (Å²) in [5, 5.41) is 0. The highest BCUT2D eigenvalue weighted by Crippen LogP contribution is 2.17.